The van der Waals surface area contributed by atoms with Crippen molar-refractivity contribution in [1.82, 2.24) is 0 Å². The SMILES string of the molecule is COc1ccc(/C(=C2\C(=O)N(C)c3ccc(OC)cc32)c2ccccc2[N+](=O)[O-])cc1. The largest absolute Gasteiger partial charge is 0.497 e. The van der Waals surface area contributed by atoms with Gasteiger partial charge >= 0.3 is 0 Å². The Morgan fingerprint density at radius 1 is 0.935 bits per heavy atom. The van der Waals surface area contributed by atoms with E-state index in [0.29, 0.717) is 45.0 Å². The molecule has 0 atom stereocenters. The smallest absolute Gasteiger partial charge is 0.277 e. The predicted molar refractivity (Wildman–Crippen MR) is 118 cm³/mol. The van der Waals surface area contributed by atoms with Crippen molar-refractivity contribution in [3.8, 4) is 11.5 Å². The second-order valence-electron chi connectivity index (χ2n) is 7.00. The molecule has 7 heteroatoms. The number of hydrogen-bond donors (Lipinski definition) is 0. The minimum absolute atomic E-state index is 0.0763. The molecule has 1 heterocycles. The number of para-hydroxylation sites is 1. The van der Waals surface area contributed by atoms with Gasteiger partial charge in [-0.25, -0.2) is 0 Å². The fraction of sp³-hybridized carbons (Fsp3) is 0.125. The van der Waals surface area contributed by atoms with Crippen LogP contribution in [-0.2, 0) is 4.79 Å². The quantitative estimate of drug-likeness (QED) is 0.346. The number of methoxy groups -OCH3 is 2. The average molecular weight is 416 g/mol. The molecule has 7 nitrogen and oxygen atoms in total. The molecule has 1 aliphatic rings. The van der Waals surface area contributed by atoms with E-state index < -0.39 is 4.92 Å². The Balaban J connectivity index is 2.10. The Hall–Kier alpha value is -4.13. The summed E-state index contributed by atoms with van der Waals surface area (Å²) in [5.74, 6) is 0.996. The first kappa shape index (κ1) is 20.2. The number of nitrogens with zero attached hydrogens (tertiary/aromatic N) is 2. The van der Waals surface area contributed by atoms with Crippen LogP contribution in [0.5, 0.6) is 11.5 Å². The van der Waals surface area contributed by atoms with Gasteiger partial charge in [0.15, 0.2) is 0 Å². The molecule has 0 saturated carbocycles. The van der Waals surface area contributed by atoms with Crippen molar-refractivity contribution >= 4 is 28.4 Å². The van der Waals surface area contributed by atoms with Gasteiger partial charge in [0, 0.05) is 24.3 Å². The van der Waals surface area contributed by atoms with E-state index in [1.165, 1.54) is 6.07 Å². The molecule has 0 aromatic heterocycles. The van der Waals surface area contributed by atoms with Gasteiger partial charge in [-0.3, -0.25) is 14.9 Å². The maximum atomic E-state index is 13.4. The van der Waals surface area contributed by atoms with Crippen molar-refractivity contribution in [3.63, 3.8) is 0 Å². The first-order chi connectivity index (χ1) is 15.0. The van der Waals surface area contributed by atoms with Crippen LogP contribution in [0.1, 0.15) is 16.7 Å². The molecule has 31 heavy (non-hydrogen) atoms. The van der Waals surface area contributed by atoms with Crippen LogP contribution in [0.4, 0.5) is 11.4 Å². The Kier molecular flexibility index (Phi) is 5.17. The number of likely N-dealkylation sites (N-methyl/N-ethyl adjacent to an activating group) is 1. The molecule has 3 aromatic rings. The number of benzene rings is 3. The number of anilines is 1. The van der Waals surface area contributed by atoms with Gasteiger partial charge in [-0.05, 0) is 42.0 Å². The summed E-state index contributed by atoms with van der Waals surface area (Å²) in [7, 11) is 4.80. The summed E-state index contributed by atoms with van der Waals surface area (Å²) in [6.45, 7) is 0. The lowest BCUT2D eigenvalue weighted by Gasteiger charge is -2.14. The van der Waals surface area contributed by atoms with Crippen molar-refractivity contribution in [2.45, 2.75) is 0 Å². The van der Waals surface area contributed by atoms with Crippen molar-refractivity contribution in [3.05, 3.63) is 93.5 Å². The lowest BCUT2D eigenvalue weighted by Crippen LogP contribution is -2.21. The summed E-state index contributed by atoms with van der Waals surface area (Å²) < 4.78 is 10.6. The fourth-order valence-electron chi connectivity index (χ4n) is 3.81. The highest BCUT2D eigenvalue weighted by Gasteiger charge is 2.35. The zero-order valence-electron chi connectivity index (χ0n) is 17.3. The Labute approximate surface area is 179 Å². The first-order valence-electron chi connectivity index (χ1n) is 9.55. The van der Waals surface area contributed by atoms with E-state index in [1.807, 2.05) is 6.07 Å². The number of fused-ring (bicyclic) bond motifs is 1. The standard InChI is InChI=1S/C24H20N2O5/c1-25-20-13-12-17(31-3)14-19(20)23(24(25)27)22(15-8-10-16(30-2)11-9-15)18-6-4-5-7-21(18)26(28)29/h4-14H,1-3H3/b23-22+. The van der Waals surface area contributed by atoms with Gasteiger partial charge < -0.3 is 14.4 Å². The molecule has 0 radical (unpaired) electrons. The van der Waals surface area contributed by atoms with Crippen LogP contribution in [0.15, 0.2) is 66.7 Å². The molecule has 1 aliphatic heterocycles. The molecule has 0 bridgehead atoms. The lowest BCUT2D eigenvalue weighted by molar-refractivity contribution is -0.385. The normalized spacial score (nSPS) is 14.3. The van der Waals surface area contributed by atoms with Gasteiger partial charge in [0.25, 0.3) is 11.6 Å². The van der Waals surface area contributed by atoms with Crippen molar-refractivity contribution < 1.29 is 19.2 Å². The third kappa shape index (κ3) is 3.40. The van der Waals surface area contributed by atoms with E-state index in [9.17, 15) is 14.9 Å². The van der Waals surface area contributed by atoms with Crippen LogP contribution in [0.25, 0.3) is 11.1 Å². The Bertz CT molecular complexity index is 1210. The van der Waals surface area contributed by atoms with Crippen LogP contribution >= 0.6 is 0 Å². The molecule has 0 aliphatic carbocycles. The third-order valence-corrected chi connectivity index (χ3v) is 5.35. The molecule has 1 amide bonds. The zero-order valence-corrected chi connectivity index (χ0v) is 17.3. The summed E-state index contributed by atoms with van der Waals surface area (Å²) in [4.78, 5) is 26.3. The van der Waals surface area contributed by atoms with Crippen molar-refractivity contribution in [2.75, 3.05) is 26.2 Å². The van der Waals surface area contributed by atoms with E-state index in [4.69, 9.17) is 9.47 Å². The summed E-state index contributed by atoms with van der Waals surface area (Å²) in [6.07, 6.45) is 0. The van der Waals surface area contributed by atoms with Crippen molar-refractivity contribution in [1.29, 1.82) is 0 Å². The van der Waals surface area contributed by atoms with Crippen molar-refractivity contribution in [2.24, 2.45) is 0 Å². The van der Waals surface area contributed by atoms with Crippen LogP contribution < -0.4 is 14.4 Å². The summed E-state index contributed by atoms with van der Waals surface area (Å²) in [6, 6.07) is 18.9. The fourth-order valence-corrected chi connectivity index (χ4v) is 3.81. The van der Waals surface area contributed by atoms with Crippen LogP contribution in [0.3, 0.4) is 0 Å². The molecule has 0 unspecified atom stereocenters. The number of nitro benzene ring substituents is 1. The number of carbonyl (C=O) groups excluding carboxylic acids is 1. The minimum atomic E-state index is -0.435. The number of rotatable bonds is 5. The van der Waals surface area contributed by atoms with Gasteiger partial charge in [-0.2, -0.15) is 0 Å². The van der Waals surface area contributed by atoms with E-state index in [2.05, 4.69) is 0 Å². The van der Waals surface area contributed by atoms with E-state index in [0.717, 1.165) is 0 Å². The highest BCUT2D eigenvalue weighted by Crippen LogP contribution is 2.45. The summed E-state index contributed by atoms with van der Waals surface area (Å²) >= 11 is 0. The van der Waals surface area contributed by atoms with Gasteiger partial charge in [0.1, 0.15) is 11.5 Å². The maximum absolute atomic E-state index is 13.4. The highest BCUT2D eigenvalue weighted by molar-refractivity contribution is 6.39. The second-order valence-corrected chi connectivity index (χ2v) is 7.00. The predicted octanol–water partition coefficient (Wildman–Crippen LogP) is 4.55. The number of carbonyl (C=O) groups is 1. The summed E-state index contributed by atoms with van der Waals surface area (Å²) in [5.41, 5.74) is 3.20. The van der Waals surface area contributed by atoms with E-state index in [1.54, 1.807) is 80.8 Å². The zero-order chi connectivity index (χ0) is 22.1. The lowest BCUT2D eigenvalue weighted by atomic mass is 9.89. The second kappa shape index (κ2) is 7.95. The van der Waals surface area contributed by atoms with Crippen LogP contribution in [0.2, 0.25) is 0 Å². The number of hydrogen-bond acceptors (Lipinski definition) is 5. The van der Waals surface area contributed by atoms with E-state index >= 15 is 0 Å². The van der Waals surface area contributed by atoms with Crippen LogP contribution in [-0.4, -0.2) is 32.1 Å². The average Bonchev–Trinajstić information content (AvgIpc) is 3.04. The van der Waals surface area contributed by atoms with Gasteiger partial charge in [-0.1, -0.05) is 24.3 Å². The molecule has 3 aromatic carbocycles. The van der Waals surface area contributed by atoms with Gasteiger partial charge in [0.05, 0.1) is 36.0 Å². The van der Waals surface area contributed by atoms with Crippen LogP contribution in [0, 0.1) is 10.1 Å². The molecule has 0 N–H and O–H groups in total. The molecular formula is C24H20N2O5. The topological polar surface area (TPSA) is 81.9 Å². The maximum Gasteiger partial charge on any atom is 0.277 e. The third-order valence-electron chi connectivity index (χ3n) is 5.35. The van der Waals surface area contributed by atoms with E-state index in [-0.39, 0.29) is 11.6 Å². The molecular weight excluding hydrogens is 396 g/mol. The monoisotopic (exact) mass is 416 g/mol. The highest BCUT2D eigenvalue weighted by atomic mass is 16.6. The molecule has 4 rings (SSSR count). The molecule has 0 fully saturated rings. The minimum Gasteiger partial charge on any atom is -0.497 e. The van der Waals surface area contributed by atoms with Gasteiger partial charge in [-0.15, -0.1) is 0 Å². The molecule has 156 valence electrons. The number of nitro groups is 1. The molecule has 0 saturated heterocycles. The molecule has 0 spiro atoms. The number of amides is 1. The Morgan fingerprint density at radius 3 is 2.23 bits per heavy atom. The summed E-state index contributed by atoms with van der Waals surface area (Å²) in [5, 5.41) is 11.8. The van der Waals surface area contributed by atoms with Gasteiger partial charge in [0.2, 0.25) is 0 Å². The first-order valence-corrected chi connectivity index (χ1v) is 9.55. The Morgan fingerprint density at radius 2 is 1.58 bits per heavy atom. The number of ether oxygens (including phenoxy) is 2.